The molecule has 0 spiro atoms. The standard InChI is InChI=1S/C26H34N2O/c29-22-17-26(23-11-5-3-6-12-23,24-13-7-4-8-14-24)28-20-18-27(19-21-28)25-15-9-1-2-10-16-25/h3-8,11-14,22,25H,1-2,9-10,15-21H2. The van der Waals surface area contributed by atoms with Gasteiger partial charge in [-0.15, -0.1) is 0 Å². The van der Waals surface area contributed by atoms with Crippen LogP contribution in [-0.4, -0.2) is 48.3 Å². The Morgan fingerprint density at radius 2 is 1.28 bits per heavy atom. The summed E-state index contributed by atoms with van der Waals surface area (Å²) in [5.74, 6) is 0. The van der Waals surface area contributed by atoms with Gasteiger partial charge in [0.05, 0.1) is 5.54 Å². The van der Waals surface area contributed by atoms with Crippen molar-refractivity contribution >= 4 is 6.29 Å². The van der Waals surface area contributed by atoms with Crippen molar-refractivity contribution in [2.24, 2.45) is 0 Å². The Kier molecular flexibility index (Phi) is 6.78. The van der Waals surface area contributed by atoms with E-state index in [4.69, 9.17) is 0 Å². The lowest BCUT2D eigenvalue weighted by Crippen LogP contribution is -2.57. The normalized spacial score (nSPS) is 20.3. The summed E-state index contributed by atoms with van der Waals surface area (Å²) in [5, 5.41) is 0. The number of rotatable bonds is 6. The van der Waals surface area contributed by atoms with Gasteiger partial charge in [-0.1, -0.05) is 86.3 Å². The van der Waals surface area contributed by atoms with Crippen LogP contribution in [0.5, 0.6) is 0 Å². The molecule has 0 N–H and O–H groups in total. The zero-order chi connectivity index (χ0) is 19.9. The third-order valence-corrected chi connectivity index (χ3v) is 7.08. The van der Waals surface area contributed by atoms with E-state index < -0.39 is 0 Å². The highest BCUT2D eigenvalue weighted by Gasteiger charge is 2.41. The number of piperazine rings is 1. The second-order valence-corrected chi connectivity index (χ2v) is 8.63. The first kappa shape index (κ1) is 20.3. The number of nitrogens with zero attached hydrogens (tertiary/aromatic N) is 2. The van der Waals surface area contributed by atoms with Crippen molar-refractivity contribution in [3.8, 4) is 0 Å². The van der Waals surface area contributed by atoms with Crippen molar-refractivity contribution < 1.29 is 4.79 Å². The van der Waals surface area contributed by atoms with E-state index in [9.17, 15) is 4.79 Å². The molecule has 2 aromatic carbocycles. The first-order valence-corrected chi connectivity index (χ1v) is 11.4. The van der Waals surface area contributed by atoms with Gasteiger partial charge in [-0.2, -0.15) is 0 Å². The molecule has 1 saturated carbocycles. The van der Waals surface area contributed by atoms with E-state index in [0.717, 1.165) is 38.5 Å². The van der Waals surface area contributed by atoms with Gasteiger partial charge in [-0.05, 0) is 24.0 Å². The van der Waals surface area contributed by atoms with E-state index in [0.29, 0.717) is 6.42 Å². The van der Waals surface area contributed by atoms with Gasteiger partial charge < -0.3 is 4.79 Å². The molecule has 154 valence electrons. The van der Waals surface area contributed by atoms with Crippen LogP contribution in [0, 0.1) is 0 Å². The van der Waals surface area contributed by atoms with Crippen LogP contribution >= 0.6 is 0 Å². The summed E-state index contributed by atoms with van der Waals surface area (Å²) < 4.78 is 0. The van der Waals surface area contributed by atoms with Gasteiger partial charge in [-0.3, -0.25) is 9.80 Å². The van der Waals surface area contributed by atoms with Crippen LogP contribution in [0.15, 0.2) is 60.7 Å². The lowest BCUT2D eigenvalue weighted by atomic mass is 9.78. The Bertz CT molecular complexity index is 705. The Morgan fingerprint density at radius 3 is 1.76 bits per heavy atom. The van der Waals surface area contributed by atoms with Gasteiger partial charge >= 0.3 is 0 Å². The predicted molar refractivity (Wildman–Crippen MR) is 119 cm³/mol. The molecular formula is C26H34N2O. The monoisotopic (exact) mass is 390 g/mol. The second-order valence-electron chi connectivity index (χ2n) is 8.63. The first-order chi connectivity index (χ1) is 14.3. The van der Waals surface area contributed by atoms with Gasteiger partial charge in [0.25, 0.3) is 0 Å². The van der Waals surface area contributed by atoms with Crippen molar-refractivity contribution in [1.82, 2.24) is 9.80 Å². The molecule has 1 aliphatic carbocycles. The van der Waals surface area contributed by atoms with Gasteiger partial charge in [0.15, 0.2) is 0 Å². The summed E-state index contributed by atoms with van der Waals surface area (Å²) in [4.78, 5) is 17.2. The SMILES string of the molecule is O=CCC(c1ccccc1)(c1ccccc1)N1CCN(C2CCCCCC2)CC1. The molecule has 2 aromatic rings. The zero-order valence-electron chi connectivity index (χ0n) is 17.5. The molecule has 0 amide bonds. The molecule has 0 atom stereocenters. The lowest BCUT2D eigenvalue weighted by molar-refractivity contribution is -0.110. The average molecular weight is 391 g/mol. The molecule has 0 unspecified atom stereocenters. The lowest BCUT2D eigenvalue weighted by Gasteiger charge is -2.49. The van der Waals surface area contributed by atoms with Crippen LogP contribution in [-0.2, 0) is 10.3 Å². The summed E-state index contributed by atoms with van der Waals surface area (Å²) in [6.45, 7) is 4.22. The summed E-state index contributed by atoms with van der Waals surface area (Å²) >= 11 is 0. The Labute approximate surface area is 175 Å². The highest BCUT2D eigenvalue weighted by atomic mass is 16.1. The van der Waals surface area contributed by atoms with E-state index in [2.05, 4.69) is 70.5 Å². The fraction of sp³-hybridized carbons (Fsp3) is 0.500. The summed E-state index contributed by atoms with van der Waals surface area (Å²) in [7, 11) is 0. The fourth-order valence-electron chi connectivity index (χ4n) is 5.54. The minimum absolute atomic E-state index is 0.375. The van der Waals surface area contributed by atoms with Crippen molar-refractivity contribution in [1.29, 1.82) is 0 Å². The highest BCUT2D eigenvalue weighted by Crippen LogP contribution is 2.39. The summed E-state index contributed by atoms with van der Waals surface area (Å²) in [6, 6.07) is 22.0. The van der Waals surface area contributed by atoms with Crippen LogP contribution in [0.3, 0.4) is 0 Å². The third-order valence-electron chi connectivity index (χ3n) is 7.08. The maximum absolute atomic E-state index is 11.9. The highest BCUT2D eigenvalue weighted by molar-refractivity contribution is 5.57. The topological polar surface area (TPSA) is 23.6 Å². The number of aldehydes is 1. The molecule has 3 heteroatoms. The Hall–Kier alpha value is -1.97. The first-order valence-electron chi connectivity index (χ1n) is 11.4. The van der Waals surface area contributed by atoms with Crippen molar-refractivity contribution in [2.45, 2.75) is 56.5 Å². The van der Waals surface area contributed by atoms with Gasteiger partial charge in [0, 0.05) is 38.6 Å². The molecule has 0 radical (unpaired) electrons. The smallest absolute Gasteiger partial charge is 0.122 e. The van der Waals surface area contributed by atoms with E-state index in [1.807, 2.05) is 0 Å². The van der Waals surface area contributed by atoms with Crippen molar-refractivity contribution in [3.05, 3.63) is 71.8 Å². The number of carbonyl (C=O) groups excluding carboxylic acids is 1. The molecule has 29 heavy (non-hydrogen) atoms. The van der Waals surface area contributed by atoms with Gasteiger partial charge in [0.1, 0.15) is 6.29 Å². The van der Waals surface area contributed by atoms with Gasteiger partial charge in [0.2, 0.25) is 0 Å². The molecule has 1 heterocycles. The third kappa shape index (κ3) is 4.31. The maximum Gasteiger partial charge on any atom is 0.122 e. The van der Waals surface area contributed by atoms with E-state index in [-0.39, 0.29) is 5.54 Å². The molecule has 1 saturated heterocycles. The average Bonchev–Trinajstić information content (AvgIpc) is 3.09. The fourth-order valence-corrected chi connectivity index (χ4v) is 5.54. The molecule has 0 aromatic heterocycles. The van der Waals surface area contributed by atoms with E-state index in [1.165, 1.54) is 49.7 Å². The second kappa shape index (κ2) is 9.69. The van der Waals surface area contributed by atoms with Crippen molar-refractivity contribution in [3.63, 3.8) is 0 Å². The van der Waals surface area contributed by atoms with Crippen LogP contribution in [0.2, 0.25) is 0 Å². The van der Waals surface area contributed by atoms with Crippen LogP contribution in [0.25, 0.3) is 0 Å². The quantitative estimate of drug-likeness (QED) is 0.520. The number of hydrogen-bond donors (Lipinski definition) is 0. The van der Waals surface area contributed by atoms with Crippen LogP contribution < -0.4 is 0 Å². The van der Waals surface area contributed by atoms with Crippen LogP contribution in [0.1, 0.15) is 56.1 Å². The zero-order valence-corrected chi connectivity index (χ0v) is 17.5. The molecule has 3 nitrogen and oxygen atoms in total. The minimum atomic E-state index is -0.375. The minimum Gasteiger partial charge on any atom is -0.303 e. The molecule has 4 rings (SSSR count). The number of carbonyl (C=O) groups is 1. The molecule has 2 aliphatic rings. The Balaban J connectivity index is 1.61. The molecular weight excluding hydrogens is 356 g/mol. The molecule has 1 aliphatic heterocycles. The van der Waals surface area contributed by atoms with Crippen LogP contribution in [0.4, 0.5) is 0 Å². The van der Waals surface area contributed by atoms with E-state index in [1.54, 1.807) is 0 Å². The predicted octanol–water partition coefficient (Wildman–Crippen LogP) is 4.86. The largest absolute Gasteiger partial charge is 0.303 e. The number of benzene rings is 2. The Morgan fingerprint density at radius 1 is 0.759 bits per heavy atom. The van der Waals surface area contributed by atoms with Crippen molar-refractivity contribution in [2.75, 3.05) is 26.2 Å². The number of hydrogen-bond acceptors (Lipinski definition) is 3. The summed E-state index contributed by atoms with van der Waals surface area (Å²) in [6.07, 6.45) is 9.89. The summed E-state index contributed by atoms with van der Waals surface area (Å²) in [5.41, 5.74) is 2.07. The van der Waals surface area contributed by atoms with Gasteiger partial charge in [-0.25, -0.2) is 0 Å². The molecule has 2 fully saturated rings. The maximum atomic E-state index is 11.9. The molecule has 0 bridgehead atoms. The van der Waals surface area contributed by atoms with E-state index >= 15 is 0 Å².